The van der Waals surface area contributed by atoms with Crippen molar-refractivity contribution in [1.82, 2.24) is 5.06 Å². The molecule has 0 aliphatic carbocycles. The van der Waals surface area contributed by atoms with Crippen molar-refractivity contribution in [3.8, 4) is 0 Å². The molecule has 5 rings (SSSR count). The third-order valence-corrected chi connectivity index (χ3v) is 12.4. The molecule has 3 aliphatic rings. The molecule has 0 spiro atoms. The lowest BCUT2D eigenvalue weighted by Crippen LogP contribution is -3.11. The minimum absolute atomic E-state index is 0.0340. The molecule has 2 aromatic rings. The van der Waals surface area contributed by atoms with Gasteiger partial charge in [-0.15, -0.1) is 5.06 Å². The monoisotopic (exact) mass is 840 g/mol. The number of amides is 2. The molecule has 58 heavy (non-hydrogen) atoms. The Hall–Kier alpha value is -4.16. The largest absolute Gasteiger partial charge is 0.744 e. The van der Waals surface area contributed by atoms with E-state index < -0.39 is 33.3 Å². The molecule has 316 valence electrons. The maximum Gasteiger partial charge on any atom is 0.333 e. The maximum absolute atomic E-state index is 12.2. The number of hydroxylamine groups is 2. The van der Waals surface area contributed by atoms with Crippen LogP contribution in [-0.4, -0.2) is 79.3 Å². The van der Waals surface area contributed by atoms with Gasteiger partial charge in [-0.3, -0.25) is 14.6 Å². The summed E-state index contributed by atoms with van der Waals surface area (Å²) < 4.78 is 42.3. The van der Waals surface area contributed by atoms with E-state index in [1.807, 2.05) is 69.5 Å². The maximum atomic E-state index is 12.2. The second kappa shape index (κ2) is 20.2. The zero-order valence-corrected chi connectivity index (χ0v) is 36.3. The highest BCUT2D eigenvalue weighted by Gasteiger charge is 2.43. The predicted octanol–water partition coefficient (Wildman–Crippen LogP) is 4.72. The van der Waals surface area contributed by atoms with Crippen molar-refractivity contribution >= 4 is 57.0 Å². The van der Waals surface area contributed by atoms with E-state index in [2.05, 4.69) is 53.5 Å². The van der Waals surface area contributed by atoms with E-state index in [-0.39, 0.29) is 29.6 Å². The minimum Gasteiger partial charge on any atom is -0.744 e. The van der Waals surface area contributed by atoms with Crippen LogP contribution in [0.15, 0.2) is 82.3 Å². The molecule has 2 aromatic carbocycles. The molecule has 1 fully saturated rings. The van der Waals surface area contributed by atoms with Gasteiger partial charge in [0.15, 0.2) is 5.71 Å². The number of carbonyl (C=O) groups excluding carboxylic acids is 3. The predicted molar refractivity (Wildman–Crippen MR) is 218 cm³/mol. The summed E-state index contributed by atoms with van der Waals surface area (Å²) in [5.41, 5.74) is 4.60. The summed E-state index contributed by atoms with van der Waals surface area (Å²) in [5, 5.41) is 14.3. The molecule has 1 N–H and O–H groups in total. The van der Waals surface area contributed by atoms with Gasteiger partial charge in [-0.1, -0.05) is 38.5 Å². The summed E-state index contributed by atoms with van der Waals surface area (Å²) in [6.07, 6.45) is 11.7. The van der Waals surface area contributed by atoms with Crippen molar-refractivity contribution < 1.29 is 56.3 Å². The Morgan fingerprint density at radius 2 is 1.59 bits per heavy atom. The molecule has 0 unspecified atom stereocenters. The quantitative estimate of drug-likeness (QED) is 0.0340. The van der Waals surface area contributed by atoms with E-state index in [9.17, 15) is 32.6 Å². The number of hydrogen-bond donors (Lipinski definition) is 1. The van der Waals surface area contributed by atoms with Gasteiger partial charge in [0.05, 0.1) is 42.0 Å². The number of fused-ring (bicyclic) bond motifs is 2. The Bertz CT molecular complexity index is 2050. The van der Waals surface area contributed by atoms with E-state index >= 15 is 0 Å². The Kier molecular flexibility index (Phi) is 16.2. The van der Waals surface area contributed by atoms with Crippen LogP contribution in [0.5, 0.6) is 0 Å². The SMILES string of the molecule is CC[NH+](CC)CC.C[N+]1=C(/C=C/C=C/C=C2\N(CCCCCC(=O)ON3C(=O)CCC3=O)c3ccc(S(=O)(=O)[O-])cc3C2(C)C)C(C)(C)c2cc(SOO[O-])ccc21. The van der Waals surface area contributed by atoms with Crippen LogP contribution in [0.2, 0.25) is 0 Å². The molecule has 0 aromatic heterocycles. The summed E-state index contributed by atoms with van der Waals surface area (Å²) in [7, 11) is -2.67. The first-order chi connectivity index (χ1) is 27.4. The lowest BCUT2D eigenvalue weighted by atomic mass is 9.81. The molecule has 3 heterocycles. The number of hydrogen-bond acceptors (Lipinski definition) is 12. The van der Waals surface area contributed by atoms with E-state index in [0.29, 0.717) is 36.4 Å². The van der Waals surface area contributed by atoms with Crippen LogP contribution < -0.4 is 15.1 Å². The number of quaternary nitrogens is 1. The van der Waals surface area contributed by atoms with Crippen LogP contribution in [0.25, 0.3) is 0 Å². The summed E-state index contributed by atoms with van der Waals surface area (Å²) in [4.78, 5) is 44.9. The van der Waals surface area contributed by atoms with Gasteiger partial charge in [0.1, 0.15) is 17.2 Å². The van der Waals surface area contributed by atoms with Gasteiger partial charge in [-0.05, 0) is 89.4 Å². The van der Waals surface area contributed by atoms with Crippen LogP contribution in [0.1, 0.15) is 98.1 Å². The summed E-state index contributed by atoms with van der Waals surface area (Å²) in [5.74, 6) is -1.68. The molecule has 0 saturated carbocycles. The van der Waals surface area contributed by atoms with Crippen molar-refractivity contribution in [2.24, 2.45) is 0 Å². The molecule has 0 bridgehead atoms. The number of anilines is 1. The fourth-order valence-corrected chi connectivity index (χ4v) is 8.49. The second-order valence-corrected chi connectivity index (χ2v) is 17.5. The Morgan fingerprint density at radius 1 is 0.914 bits per heavy atom. The number of rotatable bonds is 17. The second-order valence-electron chi connectivity index (χ2n) is 15.3. The lowest BCUT2D eigenvalue weighted by molar-refractivity contribution is -0.894. The van der Waals surface area contributed by atoms with Crippen molar-refractivity contribution in [3.63, 3.8) is 0 Å². The van der Waals surface area contributed by atoms with E-state index in [1.165, 1.54) is 31.8 Å². The van der Waals surface area contributed by atoms with Gasteiger partial charge >= 0.3 is 5.97 Å². The fraction of sp³-hybridized carbons (Fsp3) is 0.476. The number of carbonyl (C=O) groups is 3. The fourth-order valence-electron chi connectivity index (χ4n) is 7.60. The summed E-state index contributed by atoms with van der Waals surface area (Å²) in [6, 6.07) is 10.2. The highest BCUT2D eigenvalue weighted by molar-refractivity contribution is 7.94. The van der Waals surface area contributed by atoms with Gasteiger partial charge in [0, 0.05) is 65.2 Å². The molecule has 0 radical (unpaired) electrons. The lowest BCUT2D eigenvalue weighted by Gasteiger charge is -2.27. The Morgan fingerprint density at radius 3 is 2.19 bits per heavy atom. The first-order valence-electron chi connectivity index (χ1n) is 19.6. The van der Waals surface area contributed by atoms with Crippen LogP contribution in [-0.2, 0) is 49.5 Å². The molecular formula is C42H56N4O10S2. The third kappa shape index (κ3) is 10.9. The van der Waals surface area contributed by atoms with Gasteiger partial charge in [0.2, 0.25) is 5.69 Å². The summed E-state index contributed by atoms with van der Waals surface area (Å²) in [6.45, 7) is 19.2. The standard InChI is InChI=1S/C36H41N3O10S2.C6H15N/c1-35(2)26-22-24(50-49-48-43)15-17-28(26)37(5)30(35)12-8-6-9-13-31-36(3,4)27-23-25(51(44,45)46)16-18-29(27)38(31)21-11-7-10-14-34(42)47-39-32(40)19-20-33(39)41;1-4-7(5-2)6-3/h6,8-9,12-13,15-18,22-23H,7,10-11,14,19-21H2,1-5H3,(H-,43,44,45,46);4-6H2,1-3H3. The summed E-state index contributed by atoms with van der Waals surface area (Å²) >= 11 is 0.849. The third-order valence-electron chi connectivity index (χ3n) is 11.0. The molecule has 16 heteroatoms. The first kappa shape index (κ1) is 46.5. The van der Waals surface area contributed by atoms with Crippen LogP contribution in [0.4, 0.5) is 11.4 Å². The van der Waals surface area contributed by atoms with E-state index in [4.69, 9.17) is 4.84 Å². The molecule has 14 nitrogen and oxygen atoms in total. The average Bonchev–Trinajstić information content (AvgIpc) is 3.68. The van der Waals surface area contributed by atoms with Crippen molar-refractivity contribution in [3.05, 3.63) is 83.6 Å². The molecule has 0 atom stereocenters. The first-order valence-corrected chi connectivity index (χ1v) is 21.8. The number of nitrogens with one attached hydrogen (secondary N) is 1. The Balaban J connectivity index is 0.000000973. The van der Waals surface area contributed by atoms with Crippen molar-refractivity contribution in [1.29, 1.82) is 0 Å². The minimum atomic E-state index is -4.66. The van der Waals surface area contributed by atoms with Crippen LogP contribution >= 0.6 is 12.0 Å². The van der Waals surface area contributed by atoms with Gasteiger partial charge in [-0.25, -0.2) is 13.2 Å². The molecular weight excluding hydrogens is 785 g/mol. The number of benzene rings is 2. The van der Waals surface area contributed by atoms with Crippen LogP contribution in [0, 0.1) is 0 Å². The number of imide groups is 1. The van der Waals surface area contributed by atoms with Gasteiger partial charge < -0.3 is 24.4 Å². The van der Waals surface area contributed by atoms with Crippen molar-refractivity contribution in [2.45, 2.75) is 108 Å². The normalized spacial score (nSPS) is 17.9. The molecule has 3 aliphatic heterocycles. The average molecular weight is 841 g/mol. The Labute approximate surface area is 346 Å². The zero-order chi connectivity index (χ0) is 42.8. The smallest absolute Gasteiger partial charge is 0.333 e. The topological polar surface area (TPSA) is 173 Å². The molecule has 2 amide bonds. The highest BCUT2D eigenvalue weighted by Crippen LogP contribution is 2.48. The zero-order valence-electron chi connectivity index (χ0n) is 34.7. The van der Waals surface area contributed by atoms with E-state index in [1.54, 1.807) is 11.0 Å². The van der Waals surface area contributed by atoms with Crippen LogP contribution in [0.3, 0.4) is 0 Å². The highest BCUT2D eigenvalue weighted by atomic mass is 32.2. The number of allylic oxidation sites excluding steroid dienone is 6. The van der Waals surface area contributed by atoms with Crippen molar-refractivity contribution in [2.75, 3.05) is 38.1 Å². The number of unbranched alkanes of at least 4 members (excludes halogenated alkanes) is 2. The molecule has 1 saturated heterocycles. The van der Waals surface area contributed by atoms with E-state index in [0.717, 1.165) is 45.3 Å². The van der Waals surface area contributed by atoms with Gasteiger partial charge in [0.25, 0.3) is 11.8 Å². The number of nitrogens with zero attached hydrogens (tertiary/aromatic N) is 3. The van der Waals surface area contributed by atoms with Gasteiger partial charge in [-0.2, -0.15) is 8.91 Å².